The first-order valence-electron chi connectivity index (χ1n) is 37.1. The smallest absolute Gasteiger partial charge is 0.377 e. The van der Waals surface area contributed by atoms with Gasteiger partial charge in [0.2, 0.25) is 65.0 Å². The molecule has 6 rings (SSSR count). The maximum atomic E-state index is 15.4. The summed E-state index contributed by atoms with van der Waals surface area (Å²) in [5.74, 6) is -15.2. The quantitative estimate of drug-likeness (QED) is 0.115. The Hall–Kier alpha value is -6.69. The third-order valence-electron chi connectivity index (χ3n) is 23.1. The van der Waals surface area contributed by atoms with E-state index in [2.05, 4.69) is 16.0 Å². The van der Waals surface area contributed by atoms with Gasteiger partial charge in [-0.25, -0.2) is 8.78 Å². The summed E-state index contributed by atoms with van der Waals surface area (Å²) in [6.45, 7) is 10.6. The monoisotopic (exact) mass is 1480 g/mol. The molecular weight excluding hydrogens is 1360 g/mol. The highest BCUT2D eigenvalue weighted by molar-refractivity contribution is 6.00. The first kappa shape index (κ1) is 85.2. The lowest BCUT2D eigenvalue weighted by atomic mass is 9.74. The van der Waals surface area contributed by atoms with E-state index in [4.69, 9.17) is 4.74 Å². The van der Waals surface area contributed by atoms with Crippen LogP contribution in [0.15, 0.2) is 12.2 Å². The average molecular weight is 1480 g/mol. The van der Waals surface area contributed by atoms with E-state index in [-0.39, 0.29) is 110 Å². The lowest BCUT2D eigenvalue weighted by Crippen LogP contribution is -2.68. The van der Waals surface area contributed by atoms with Gasteiger partial charge in [0.05, 0.1) is 25.1 Å². The van der Waals surface area contributed by atoms with Gasteiger partial charge in [-0.1, -0.05) is 73.0 Å². The van der Waals surface area contributed by atoms with Crippen molar-refractivity contribution in [1.82, 2.24) is 55.1 Å². The molecule has 0 radical (unpaired) electrons. The summed E-state index contributed by atoms with van der Waals surface area (Å²) in [4.78, 5) is 174. The summed E-state index contributed by atoms with van der Waals surface area (Å²) in [6, 6.07) is -10.2. The van der Waals surface area contributed by atoms with Crippen LogP contribution in [0.2, 0.25) is 0 Å². The predicted molar refractivity (Wildman–Crippen MR) is 366 cm³/mol. The molecule has 3 N–H and O–H groups in total. The highest BCUT2D eigenvalue weighted by Crippen LogP contribution is 2.45. The number of likely N-dealkylation sites (N-methyl/N-ethyl adjacent to an activating group) is 6. The lowest BCUT2D eigenvalue weighted by molar-refractivity contribution is -0.219. The van der Waals surface area contributed by atoms with Gasteiger partial charge in [0.1, 0.15) is 66.1 Å². The number of carbonyl (C=O) groups is 11. The Labute approximate surface area is 601 Å². The van der Waals surface area contributed by atoms with Crippen LogP contribution in [0.5, 0.6) is 0 Å². The number of carbonyl (C=O) groups excluding carboxylic acids is 11. The minimum Gasteiger partial charge on any atom is -0.377 e. The number of nitrogens with zero attached hydrogens (tertiary/aromatic N) is 8. The second-order valence-electron chi connectivity index (χ2n) is 29.8. The molecule has 5 fully saturated rings. The highest BCUT2D eigenvalue weighted by atomic mass is 19.4. The zero-order valence-corrected chi connectivity index (χ0v) is 62.4. The van der Waals surface area contributed by atoms with Crippen LogP contribution in [0.3, 0.4) is 0 Å². The number of amides is 11. The van der Waals surface area contributed by atoms with Gasteiger partial charge >= 0.3 is 12.4 Å². The third kappa shape index (κ3) is 20.7. The van der Waals surface area contributed by atoms with Crippen LogP contribution < -0.4 is 16.0 Å². The van der Waals surface area contributed by atoms with Crippen molar-refractivity contribution in [3.05, 3.63) is 12.2 Å². The van der Waals surface area contributed by atoms with E-state index in [0.717, 1.165) is 19.6 Å². The van der Waals surface area contributed by atoms with Crippen LogP contribution in [-0.2, 0) is 57.5 Å². The molecule has 0 aromatic carbocycles. The SMILES string of the molecule is CCO[C@@H]1C[C@H]2C(=O)NC3(CCC3)C(=O)N(C)[C@@H](C(CC)CC)C(=O)N(C)[C@H](CC)CC(=O)N(C)[C@@H](CC)C(=O)N[C@@H]([C@@H](C)CC)C(=O)N(C)CC(=O)N(C)[C@H]3C/C=C\CCN(C3=O)[C@@H](CC3CCC(C(F)(F)F)CC3)C(=O)N(C)CC(=O)N[C@@H](CCC3CC(F)C(C(F)(F)F)C(F)C3)C(=O)N2C1. The predicted octanol–water partition coefficient (Wildman–Crippen LogP) is 7.28. The molecule has 6 aliphatic rings. The number of halogens is 8. The second-order valence-corrected chi connectivity index (χ2v) is 29.8. The van der Waals surface area contributed by atoms with E-state index in [1.165, 1.54) is 61.9 Å². The maximum absolute atomic E-state index is 15.4. The molecule has 584 valence electrons. The summed E-state index contributed by atoms with van der Waals surface area (Å²) in [6.07, 6.45) is -13.5. The summed E-state index contributed by atoms with van der Waals surface area (Å²) in [5, 5.41) is 8.41. The largest absolute Gasteiger partial charge is 0.397 e. The zero-order chi connectivity index (χ0) is 76.9. The molecule has 23 nitrogen and oxygen atoms in total. The standard InChI is InChI=1S/C72H113F8N11O12/c1-14-42(7)60-67(100)85(9)41-58(94)88(12)53-24-21-20-22-33-90(66(53)99)55(36-43-25-28-46(29-26-43)71(75,76)77)65(98)84(8)40-56(92)81-51(30-27-44-34-49(73)59(50(74)35-44)72(78,79)80)64(97)91-39-48(103-19-6)38-54(91)63(96)83-70(31-23-32-70)69(102)89(13)61(45(15-2)16-3)68(101)86(10)47(17-4)37-57(93)87(11)52(18-5)62(95)82-60/h20-21,42-55,59-61H,14-19,22-41H2,1-13H3,(H,81,92)(H,82,95)(H,83,96)/b21-20-/t42-,43?,44?,46?,47+,48+,49?,50?,51-,52-,53-,54-,55-,59?,60-,61-/m0/s1. The van der Waals surface area contributed by atoms with Gasteiger partial charge in [-0.3, -0.25) is 52.7 Å². The number of hydrogen-bond acceptors (Lipinski definition) is 12. The first-order valence-corrected chi connectivity index (χ1v) is 37.1. The van der Waals surface area contributed by atoms with Gasteiger partial charge in [-0.05, 0) is 133 Å². The van der Waals surface area contributed by atoms with Crippen molar-refractivity contribution in [2.24, 2.45) is 35.5 Å². The fourth-order valence-corrected chi connectivity index (χ4v) is 16.1. The van der Waals surface area contributed by atoms with Crippen LogP contribution in [0.1, 0.15) is 183 Å². The Bertz CT molecular complexity index is 2990. The van der Waals surface area contributed by atoms with Gasteiger partial charge in [-0.2, -0.15) is 26.3 Å². The third-order valence-corrected chi connectivity index (χ3v) is 23.1. The molecule has 3 aliphatic heterocycles. The lowest BCUT2D eigenvalue weighted by Gasteiger charge is -2.47. The molecule has 103 heavy (non-hydrogen) atoms. The summed E-state index contributed by atoms with van der Waals surface area (Å²) in [7, 11) is 8.33. The maximum Gasteiger partial charge on any atom is 0.397 e. The van der Waals surface area contributed by atoms with Crippen LogP contribution >= 0.6 is 0 Å². The molecule has 12 atom stereocenters. The Morgan fingerprint density at radius 1 is 0.602 bits per heavy atom. The minimum atomic E-state index is -5.20. The van der Waals surface area contributed by atoms with E-state index in [1.54, 1.807) is 46.8 Å². The van der Waals surface area contributed by atoms with Gasteiger partial charge < -0.3 is 59.9 Å². The van der Waals surface area contributed by atoms with Crippen LogP contribution in [0.25, 0.3) is 0 Å². The van der Waals surface area contributed by atoms with E-state index in [9.17, 15) is 50.3 Å². The molecule has 3 aliphatic carbocycles. The second kappa shape index (κ2) is 37.0. The van der Waals surface area contributed by atoms with Gasteiger partial charge in [0.25, 0.3) is 0 Å². The van der Waals surface area contributed by atoms with E-state index < -0.39 is 218 Å². The van der Waals surface area contributed by atoms with Crippen molar-refractivity contribution in [3.8, 4) is 0 Å². The summed E-state index contributed by atoms with van der Waals surface area (Å²) < 4.78 is 121. The first-order chi connectivity index (χ1) is 48.3. The highest BCUT2D eigenvalue weighted by Gasteiger charge is 2.56. The molecular formula is C72H113F8N11O12. The Morgan fingerprint density at radius 3 is 1.77 bits per heavy atom. The van der Waals surface area contributed by atoms with Gasteiger partial charge in [0.15, 0.2) is 0 Å². The molecule has 0 aromatic heterocycles. The topological polar surface area (TPSA) is 259 Å². The molecule has 2 saturated heterocycles. The molecule has 3 heterocycles. The average Bonchev–Trinajstić information content (AvgIpc) is 1.64. The van der Waals surface area contributed by atoms with Crippen LogP contribution in [0, 0.1) is 35.5 Å². The molecule has 3 saturated carbocycles. The van der Waals surface area contributed by atoms with Crippen LogP contribution in [-0.4, -0.2) is 264 Å². The van der Waals surface area contributed by atoms with Crippen molar-refractivity contribution in [1.29, 1.82) is 0 Å². The fourth-order valence-electron chi connectivity index (χ4n) is 16.1. The number of nitrogens with one attached hydrogen (secondary N) is 3. The Balaban J connectivity index is 1.45. The van der Waals surface area contributed by atoms with Crippen molar-refractivity contribution in [2.45, 2.75) is 268 Å². The number of alkyl halides is 8. The Kier molecular flexibility index (Phi) is 30.6. The molecule has 0 aromatic rings. The number of fused-ring (bicyclic) bond motifs is 3. The molecule has 1 spiro atoms. The van der Waals surface area contributed by atoms with Gasteiger partial charge in [-0.15, -0.1) is 0 Å². The molecule has 31 heteroatoms. The minimum absolute atomic E-state index is 0.00720. The van der Waals surface area contributed by atoms with E-state index in [1.807, 2.05) is 13.8 Å². The zero-order valence-electron chi connectivity index (χ0n) is 62.4. The molecule has 2 unspecified atom stereocenters. The summed E-state index contributed by atoms with van der Waals surface area (Å²) >= 11 is 0. The van der Waals surface area contributed by atoms with Crippen molar-refractivity contribution >= 4 is 65.0 Å². The summed E-state index contributed by atoms with van der Waals surface area (Å²) in [5.41, 5.74) is -1.62. The Morgan fingerprint density at radius 2 is 1.22 bits per heavy atom. The van der Waals surface area contributed by atoms with Crippen molar-refractivity contribution < 1.29 is 92.6 Å². The fraction of sp³-hybridized carbons (Fsp3) is 0.819. The molecule has 11 amide bonds. The van der Waals surface area contributed by atoms with Crippen LogP contribution in [0.4, 0.5) is 35.1 Å². The number of hydrogen-bond donors (Lipinski definition) is 3. The van der Waals surface area contributed by atoms with E-state index in [0.29, 0.717) is 25.7 Å². The van der Waals surface area contributed by atoms with Crippen molar-refractivity contribution in [3.63, 3.8) is 0 Å². The normalized spacial score (nSPS) is 32.1. The van der Waals surface area contributed by atoms with E-state index >= 15 is 37.5 Å². The van der Waals surface area contributed by atoms with Gasteiger partial charge in [0, 0.05) is 80.9 Å². The van der Waals surface area contributed by atoms with Crippen molar-refractivity contribution in [2.75, 3.05) is 75.1 Å². The molecule has 2 bridgehead atoms. The number of ether oxygens (including phenoxy) is 1. The number of rotatable bonds is 14.